The predicted octanol–water partition coefficient (Wildman–Crippen LogP) is 1.77. The van der Waals surface area contributed by atoms with Gasteiger partial charge in [-0.3, -0.25) is 9.20 Å². The van der Waals surface area contributed by atoms with Crippen molar-refractivity contribution >= 4 is 45.4 Å². The number of carbonyl (C=O) groups excluding carboxylic acids is 1. The first-order chi connectivity index (χ1) is 11.9. The van der Waals surface area contributed by atoms with Crippen LogP contribution in [0.2, 0.25) is 0 Å². The van der Waals surface area contributed by atoms with Crippen LogP contribution in [-0.2, 0) is 9.59 Å². The Morgan fingerprint density at radius 2 is 2.20 bits per heavy atom. The molecule has 0 aliphatic carbocycles. The molecule has 4 atom stereocenters. The summed E-state index contributed by atoms with van der Waals surface area (Å²) in [5.41, 5.74) is 0.706. The van der Waals surface area contributed by atoms with Gasteiger partial charge in [0.15, 0.2) is 5.16 Å². The van der Waals surface area contributed by atoms with Crippen LogP contribution in [0.5, 0.6) is 0 Å². The van der Waals surface area contributed by atoms with Crippen molar-refractivity contribution in [2.75, 3.05) is 6.26 Å². The third-order valence-corrected chi connectivity index (χ3v) is 6.74. The Balaban J connectivity index is 1.85. The first kappa shape index (κ1) is 16.6. The molecule has 9 heteroatoms. The summed E-state index contributed by atoms with van der Waals surface area (Å²) >= 11 is 2.98. The van der Waals surface area contributed by atoms with Gasteiger partial charge in [0.1, 0.15) is 10.5 Å². The van der Waals surface area contributed by atoms with Crippen molar-refractivity contribution in [3.63, 3.8) is 0 Å². The summed E-state index contributed by atoms with van der Waals surface area (Å²) in [6, 6.07) is -0.298. The number of thiazole rings is 1. The molecule has 4 heterocycles. The predicted molar refractivity (Wildman–Crippen MR) is 94.4 cm³/mol. The second-order valence-electron chi connectivity index (χ2n) is 6.37. The van der Waals surface area contributed by atoms with Crippen molar-refractivity contribution in [1.29, 1.82) is 0 Å². The van der Waals surface area contributed by atoms with E-state index in [-0.39, 0.29) is 23.6 Å². The maximum atomic E-state index is 12.4. The van der Waals surface area contributed by atoms with Crippen molar-refractivity contribution in [2.24, 2.45) is 11.8 Å². The van der Waals surface area contributed by atoms with Crippen LogP contribution in [0, 0.1) is 11.8 Å². The van der Waals surface area contributed by atoms with E-state index in [1.165, 1.54) is 28.0 Å². The lowest BCUT2D eigenvalue weighted by Crippen LogP contribution is -2.63. The van der Waals surface area contributed by atoms with E-state index in [1.807, 2.05) is 23.8 Å². The maximum Gasteiger partial charge on any atom is 0.352 e. The highest BCUT2D eigenvalue weighted by Crippen LogP contribution is 2.51. The quantitative estimate of drug-likeness (QED) is 0.621. The lowest BCUT2D eigenvalue weighted by molar-refractivity contribution is -0.163. The molecule has 1 fully saturated rings. The van der Waals surface area contributed by atoms with Gasteiger partial charge in [-0.15, -0.1) is 11.3 Å². The van der Waals surface area contributed by atoms with Gasteiger partial charge < -0.3 is 15.1 Å². The molecular formula is C16H17N3O4S2. The molecule has 2 N–H and O–H groups in total. The summed E-state index contributed by atoms with van der Waals surface area (Å²) in [4.78, 5) is 31.7. The molecule has 0 bridgehead atoms. The van der Waals surface area contributed by atoms with Crippen molar-refractivity contribution in [3.8, 4) is 0 Å². The van der Waals surface area contributed by atoms with Crippen LogP contribution < -0.4 is 0 Å². The Kier molecular flexibility index (Phi) is 3.71. The van der Waals surface area contributed by atoms with Gasteiger partial charge in [0.2, 0.25) is 5.91 Å². The number of rotatable bonds is 4. The number of aliphatic hydroxyl groups excluding tert-OH is 1. The average molecular weight is 379 g/mol. The minimum atomic E-state index is -1.11. The number of carboxylic acids is 1. The molecule has 0 aromatic carbocycles. The number of fused-ring (bicyclic) bond motifs is 2. The SMILES string of the molecule is CSc1ncc2sc(C3=C(C(=O)O)N4C(=O)[C@H]([C@@H](C)O)[C@H]4[C@H]3C)cn12. The van der Waals surface area contributed by atoms with E-state index >= 15 is 0 Å². The standard InChI is InChI=1S/C16H17N3O4S2/c1-6-10(8-5-18-9(25-8)4-17-16(18)24-3)13(15(22)23)19-12(6)11(7(2)20)14(19)21/h4-7,11-12,20H,1-3H3,(H,22,23)/t6-,7+,11+,12+/m0/s1. The van der Waals surface area contributed by atoms with E-state index in [2.05, 4.69) is 4.98 Å². The zero-order valence-corrected chi connectivity index (χ0v) is 15.5. The number of thioether (sulfide) groups is 1. The second-order valence-corrected chi connectivity index (χ2v) is 8.21. The Morgan fingerprint density at radius 1 is 1.48 bits per heavy atom. The molecule has 2 aromatic heterocycles. The summed E-state index contributed by atoms with van der Waals surface area (Å²) < 4.78 is 1.94. The molecule has 0 spiro atoms. The van der Waals surface area contributed by atoms with Gasteiger partial charge in [-0.05, 0) is 13.2 Å². The van der Waals surface area contributed by atoms with Crippen LogP contribution >= 0.6 is 23.1 Å². The molecule has 2 aliphatic heterocycles. The smallest absolute Gasteiger partial charge is 0.352 e. The zero-order chi connectivity index (χ0) is 18.0. The van der Waals surface area contributed by atoms with Crippen LogP contribution in [0.1, 0.15) is 18.7 Å². The van der Waals surface area contributed by atoms with Crippen LogP contribution in [0.3, 0.4) is 0 Å². The van der Waals surface area contributed by atoms with Crippen molar-refractivity contribution in [2.45, 2.75) is 31.1 Å². The highest BCUT2D eigenvalue weighted by molar-refractivity contribution is 7.98. The van der Waals surface area contributed by atoms with Crippen molar-refractivity contribution in [1.82, 2.24) is 14.3 Å². The van der Waals surface area contributed by atoms with Crippen molar-refractivity contribution < 1.29 is 19.8 Å². The number of hydrogen-bond donors (Lipinski definition) is 2. The molecule has 25 heavy (non-hydrogen) atoms. The molecule has 132 valence electrons. The average Bonchev–Trinajstić information content (AvgIpc) is 3.16. The number of aromatic nitrogens is 2. The minimum Gasteiger partial charge on any atom is -0.477 e. The Morgan fingerprint density at radius 3 is 2.80 bits per heavy atom. The van der Waals surface area contributed by atoms with E-state index < -0.39 is 18.0 Å². The molecule has 2 aliphatic rings. The number of imidazole rings is 1. The largest absolute Gasteiger partial charge is 0.477 e. The molecule has 1 saturated heterocycles. The Labute approximate surface area is 152 Å². The second kappa shape index (κ2) is 5.58. The normalized spacial score (nSPS) is 27.0. The van der Waals surface area contributed by atoms with E-state index in [1.54, 1.807) is 13.1 Å². The summed E-state index contributed by atoms with van der Waals surface area (Å²) in [7, 11) is 0. The number of nitrogens with zero attached hydrogens (tertiary/aromatic N) is 3. The summed E-state index contributed by atoms with van der Waals surface area (Å²) in [5, 5.41) is 20.5. The highest BCUT2D eigenvalue weighted by atomic mass is 32.2. The fourth-order valence-electron chi connectivity index (χ4n) is 3.95. The molecular weight excluding hydrogens is 362 g/mol. The molecule has 0 saturated carbocycles. The van der Waals surface area contributed by atoms with E-state index in [0.717, 1.165) is 14.9 Å². The fraction of sp³-hybridized carbons (Fsp3) is 0.438. The van der Waals surface area contributed by atoms with Crippen LogP contribution in [-0.4, -0.2) is 54.8 Å². The molecule has 2 aromatic rings. The Hall–Kier alpha value is -1.84. The van der Waals surface area contributed by atoms with Crippen molar-refractivity contribution in [3.05, 3.63) is 23.0 Å². The molecule has 1 amide bonds. The molecule has 0 radical (unpaired) electrons. The lowest BCUT2D eigenvalue weighted by Gasteiger charge is -2.46. The minimum absolute atomic E-state index is 0.0440. The number of β-lactam (4-membered cyclic amide) rings is 1. The number of carboxylic acid groups (broad SMARTS) is 1. The van der Waals surface area contributed by atoms with Gasteiger partial charge >= 0.3 is 5.97 Å². The van der Waals surface area contributed by atoms with Gasteiger partial charge in [0.05, 0.1) is 29.1 Å². The molecule has 4 rings (SSSR count). The number of aliphatic hydroxyl groups is 1. The summed E-state index contributed by atoms with van der Waals surface area (Å²) in [5.74, 6) is -2.12. The van der Waals surface area contributed by atoms with E-state index in [9.17, 15) is 19.8 Å². The van der Waals surface area contributed by atoms with Crippen LogP contribution in [0.15, 0.2) is 23.2 Å². The van der Waals surface area contributed by atoms with Gasteiger partial charge in [-0.25, -0.2) is 9.78 Å². The first-order valence-electron chi connectivity index (χ1n) is 7.86. The zero-order valence-electron chi connectivity index (χ0n) is 13.8. The van der Waals surface area contributed by atoms with Gasteiger partial charge in [-0.2, -0.15) is 0 Å². The first-order valence-corrected chi connectivity index (χ1v) is 9.90. The fourth-order valence-corrected chi connectivity index (χ4v) is 5.63. The number of hydrogen-bond acceptors (Lipinski definition) is 6. The maximum absolute atomic E-state index is 12.4. The Bertz CT molecular complexity index is 929. The topological polar surface area (TPSA) is 95.1 Å². The van der Waals surface area contributed by atoms with Gasteiger partial charge in [0.25, 0.3) is 0 Å². The monoisotopic (exact) mass is 379 g/mol. The van der Waals surface area contributed by atoms with Crippen LogP contribution in [0.25, 0.3) is 10.4 Å². The number of carbonyl (C=O) groups is 2. The summed E-state index contributed by atoms with van der Waals surface area (Å²) in [6.07, 6.45) is 4.79. The van der Waals surface area contributed by atoms with Crippen LogP contribution in [0.4, 0.5) is 0 Å². The lowest BCUT2D eigenvalue weighted by atomic mass is 9.77. The molecule has 0 unspecified atom stereocenters. The third kappa shape index (κ3) is 2.12. The van der Waals surface area contributed by atoms with Gasteiger partial charge in [0, 0.05) is 17.7 Å². The highest BCUT2D eigenvalue weighted by Gasteiger charge is 2.60. The van der Waals surface area contributed by atoms with E-state index in [4.69, 9.17) is 0 Å². The van der Waals surface area contributed by atoms with Gasteiger partial charge in [-0.1, -0.05) is 18.7 Å². The van der Waals surface area contributed by atoms with E-state index in [0.29, 0.717) is 5.57 Å². The molecule has 7 nitrogen and oxygen atoms in total. The number of amides is 1. The number of aliphatic carboxylic acids is 1. The summed E-state index contributed by atoms with van der Waals surface area (Å²) in [6.45, 7) is 3.50. The third-order valence-electron chi connectivity index (χ3n) is 5.01.